The van der Waals surface area contributed by atoms with Crippen molar-refractivity contribution in [2.75, 3.05) is 5.75 Å². The predicted molar refractivity (Wildman–Crippen MR) is 69.1 cm³/mol. The Balaban J connectivity index is 2.53. The van der Waals surface area contributed by atoms with Crippen LogP contribution in [0, 0.1) is 6.92 Å². The molecule has 0 amide bonds. The van der Waals surface area contributed by atoms with Crippen LogP contribution >= 0.6 is 11.8 Å². The molecular weight excluding hydrogens is 220 g/mol. The van der Waals surface area contributed by atoms with Crippen LogP contribution in [0.25, 0.3) is 0 Å². The molecule has 2 nitrogen and oxygen atoms in total. The first-order valence-corrected chi connectivity index (χ1v) is 6.45. The van der Waals surface area contributed by atoms with Gasteiger partial charge in [-0.1, -0.05) is 30.7 Å². The zero-order chi connectivity index (χ0) is 12.1. The summed E-state index contributed by atoms with van der Waals surface area (Å²) in [5.74, 6) is 0.552. The summed E-state index contributed by atoms with van der Waals surface area (Å²) >= 11 is 1.49. The van der Waals surface area contributed by atoms with Crippen molar-refractivity contribution in [1.82, 2.24) is 0 Å². The number of benzene rings is 1. The number of hydrogen-bond acceptors (Lipinski definition) is 3. The number of thioether (sulfide) groups is 1. The van der Waals surface area contributed by atoms with E-state index in [0.717, 1.165) is 11.1 Å². The topological polar surface area (TPSA) is 37.3 Å². The molecule has 0 aliphatic carbocycles. The molecule has 2 atom stereocenters. The van der Waals surface area contributed by atoms with Gasteiger partial charge in [-0.2, -0.15) is 0 Å². The molecule has 1 N–H and O–H groups in total. The lowest BCUT2D eigenvalue weighted by Gasteiger charge is -2.13. The minimum absolute atomic E-state index is 0.0914. The maximum atomic E-state index is 11.8. The lowest BCUT2D eigenvalue weighted by molar-refractivity contribution is 0.102. The second kappa shape index (κ2) is 6.06. The predicted octanol–water partition coefficient (Wildman–Crippen LogP) is 2.68. The molecule has 0 aliphatic rings. The second-order valence-electron chi connectivity index (χ2n) is 4.05. The highest BCUT2D eigenvalue weighted by molar-refractivity contribution is 8.00. The Bertz CT molecular complexity index is 361. The van der Waals surface area contributed by atoms with Crippen LogP contribution in [0.5, 0.6) is 0 Å². The van der Waals surface area contributed by atoms with Crippen LogP contribution in [0.1, 0.15) is 29.8 Å². The molecule has 0 aliphatic heterocycles. The molecule has 0 aromatic heterocycles. The third-order valence-electron chi connectivity index (χ3n) is 2.50. The highest BCUT2D eigenvalue weighted by Crippen LogP contribution is 2.16. The Labute approximate surface area is 101 Å². The van der Waals surface area contributed by atoms with Gasteiger partial charge in [-0.15, -0.1) is 11.8 Å². The fraction of sp³-hybridized carbons (Fsp3) is 0.462. The van der Waals surface area contributed by atoms with Gasteiger partial charge in [-0.05, 0) is 19.9 Å². The summed E-state index contributed by atoms with van der Waals surface area (Å²) in [5.41, 5.74) is 1.85. The van der Waals surface area contributed by atoms with E-state index in [0.29, 0.717) is 5.75 Å². The van der Waals surface area contributed by atoms with Crippen molar-refractivity contribution in [2.45, 2.75) is 32.1 Å². The van der Waals surface area contributed by atoms with E-state index in [-0.39, 0.29) is 17.1 Å². The first-order chi connectivity index (χ1) is 7.50. The van der Waals surface area contributed by atoms with E-state index < -0.39 is 0 Å². The van der Waals surface area contributed by atoms with Crippen molar-refractivity contribution in [3.05, 3.63) is 35.4 Å². The van der Waals surface area contributed by atoms with Gasteiger partial charge in [0.1, 0.15) is 0 Å². The Morgan fingerprint density at radius 3 is 2.69 bits per heavy atom. The SMILES string of the molecule is Cc1cccc(C(=O)CSC(C)C(C)O)c1. The average molecular weight is 238 g/mol. The fourth-order valence-electron chi connectivity index (χ4n) is 1.25. The first-order valence-electron chi connectivity index (χ1n) is 5.40. The Hall–Kier alpha value is -0.800. The molecule has 0 fully saturated rings. The summed E-state index contributed by atoms with van der Waals surface area (Å²) in [4.78, 5) is 11.8. The van der Waals surface area contributed by atoms with E-state index in [1.165, 1.54) is 11.8 Å². The van der Waals surface area contributed by atoms with Gasteiger partial charge >= 0.3 is 0 Å². The maximum Gasteiger partial charge on any atom is 0.172 e. The molecule has 88 valence electrons. The quantitative estimate of drug-likeness (QED) is 0.801. The zero-order valence-electron chi connectivity index (χ0n) is 9.93. The fourth-order valence-corrected chi connectivity index (χ4v) is 2.11. The third kappa shape index (κ3) is 3.99. The standard InChI is InChI=1S/C13H18O2S/c1-9-5-4-6-12(7-9)13(15)8-16-11(3)10(2)14/h4-7,10-11,14H,8H2,1-3H3. The molecule has 0 spiro atoms. The lowest BCUT2D eigenvalue weighted by Crippen LogP contribution is -2.17. The van der Waals surface area contributed by atoms with Gasteiger partial charge in [0, 0.05) is 10.8 Å². The number of Topliss-reactive ketones (excluding diaryl/α,β-unsaturated/α-hetero) is 1. The lowest BCUT2D eigenvalue weighted by atomic mass is 10.1. The molecule has 0 saturated heterocycles. The second-order valence-corrected chi connectivity index (χ2v) is 5.41. The van der Waals surface area contributed by atoms with Gasteiger partial charge in [0.25, 0.3) is 0 Å². The summed E-state index contributed by atoms with van der Waals surface area (Å²) in [6.45, 7) is 5.65. The van der Waals surface area contributed by atoms with Crippen molar-refractivity contribution in [1.29, 1.82) is 0 Å². The highest BCUT2D eigenvalue weighted by atomic mass is 32.2. The summed E-state index contributed by atoms with van der Waals surface area (Å²) < 4.78 is 0. The number of aryl methyl sites for hydroxylation is 1. The number of hydrogen-bond donors (Lipinski definition) is 1. The van der Waals surface area contributed by atoms with E-state index in [1.807, 2.05) is 38.1 Å². The summed E-state index contributed by atoms with van der Waals surface area (Å²) in [6, 6.07) is 7.60. The van der Waals surface area contributed by atoms with Crippen LogP contribution in [0.3, 0.4) is 0 Å². The zero-order valence-corrected chi connectivity index (χ0v) is 10.8. The number of carbonyl (C=O) groups excluding carboxylic acids is 1. The number of rotatable bonds is 5. The summed E-state index contributed by atoms with van der Waals surface area (Å²) in [5, 5.41) is 9.41. The Kier molecular flexibility index (Phi) is 5.03. The van der Waals surface area contributed by atoms with Gasteiger partial charge in [0.15, 0.2) is 5.78 Å². The highest BCUT2D eigenvalue weighted by Gasteiger charge is 2.12. The van der Waals surface area contributed by atoms with Crippen molar-refractivity contribution in [2.24, 2.45) is 0 Å². The van der Waals surface area contributed by atoms with E-state index in [9.17, 15) is 9.90 Å². The molecule has 16 heavy (non-hydrogen) atoms. The molecule has 0 heterocycles. The average Bonchev–Trinajstić information content (AvgIpc) is 2.25. The van der Waals surface area contributed by atoms with E-state index in [2.05, 4.69) is 0 Å². The number of ketones is 1. The van der Waals surface area contributed by atoms with Crippen molar-refractivity contribution in [3.63, 3.8) is 0 Å². The third-order valence-corrected chi connectivity index (χ3v) is 3.85. The van der Waals surface area contributed by atoms with Crippen molar-refractivity contribution < 1.29 is 9.90 Å². The number of aliphatic hydroxyl groups excluding tert-OH is 1. The van der Waals surface area contributed by atoms with Crippen LogP contribution in [0.4, 0.5) is 0 Å². The Morgan fingerprint density at radius 2 is 2.12 bits per heavy atom. The molecule has 0 bridgehead atoms. The number of carbonyl (C=O) groups is 1. The molecule has 0 saturated carbocycles. The maximum absolute atomic E-state index is 11.8. The van der Waals surface area contributed by atoms with Crippen LogP contribution in [-0.2, 0) is 0 Å². The smallest absolute Gasteiger partial charge is 0.172 e. The summed E-state index contributed by atoms with van der Waals surface area (Å²) in [6.07, 6.45) is -0.379. The molecule has 1 rings (SSSR count). The molecule has 3 heteroatoms. The van der Waals surface area contributed by atoms with Crippen molar-refractivity contribution in [3.8, 4) is 0 Å². The van der Waals surface area contributed by atoms with Gasteiger partial charge in [0.05, 0.1) is 11.9 Å². The van der Waals surface area contributed by atoms with Gasteiger partial charge in [-0.25, -0.2) is 0 Å². The van der Waals surface area contributed by atoms with Crippen molar-refractivity contribution >= 4 is 17.5 Å². The largest absolute Gasteiger partial charge is 0.392 e. The van der Waals surface area contributed by atoms with Gasteiger partial charge < -0.3 is 5.11 Å². The first kappa shape index (κ1) is 13.3. The number of aliphatic hydroxyl groups is 1. The molecule has 1 aromatic carbocycles. The molecule has 0 radical (unpaired) electrons. The molecule has 1 aromatic rings. The summed E-state index contributed by atoms with van der Waals surface area (Å²) in [7, 11) is 0. The van der Waals surface area contributed by atoms with E-state index >= 15 is 0 Å². The normalized spacial score (nSPS) is 14.5. The molecule has 2 unspecified atom stereocenters. The van der Waals surface area contributed by atoms with Crippen LogP contribution in [-0.4, -0.2) is 28.0 Å². The van der Waals surface area contributed by atoms with E-state index in [1.54, 1.807) is 6.92 Å². The monoisotopic (exact) mass is 238 g/mol. The minimum atomic E-state index is -0.379. The minimum Gasteiger partial charge on any atom is -0.392 e. The van der Waals surface area contributed by atoms with Crippen LogP contribution in [0.2, 0.25) is 0 Å². The molecular formula is C13H18O2S. The van der Waals surface area contributed by atoms with E-state index in [4.69, 9.17) is 0 Å². The van der Waals surface area contributed by atoms with Gasteiger partial charge in [0.2, 0.25) is 0 Å². The van der Waals surface area contributed by atoms with Crippen LogP contribution < -0.4 is 0 Å². The Morgan fingerprint density at radius 1 is 1.44 bits per heavy atom. The van der Waals surface area contributed by atoms with Crippen LogP contribution in [0.15, 0.2) is 24.3 Å². The van der Waals surface area contributed by atoms with Gasteiger partial charge in [-0.3, -0.25) is 4.79 Å².